The monoisotopic (exact) mass is 320 g/mol. The second-order valence-corrected chi connectivity index (χ2v) is 1.49. The molecule has 4 heteroatoms. The maximum Gasteiger partial charge on any atom is 0.303 e. The molecule has 0 heterocycles. The molecule has 0 aliphatic carbocycles. The zero-order valence-corrected chi connectivity index (χ0v) is 11.1. The van der Waals surface area contributed by atoms with Crippen LogP contribution in [0.15, 0.2) is 0 Å². The molecule has 0 atom stereocenters. The summed E-state index contributed by atoms with van der Waals surface area (Å²) in [6, 6.07) is 0. The number of hydrogen-bond acceptors (Lipinski definition) is 2. The SMILES string of the molecule is COCCCC(=O)O.[Hg]. The molecule has 0 saturated heterocycles. The summed E-state index contributed by atoms with van der Waals surface area (Å²) in [6.07, 6.45) is 0.805. The van der Waals surface area contributed by atoms with Gasteiger partial charge in [-0.2, -0.15) is 0 Å². The molecular weight excluding hydrogens is 309 g/mol. The summed E-state index contributed by atoms with van der Waals surface area (Å²) in [5.74, 6) is -0.762. The fourth-order valence-electron chi connectivity index (χ4n) is 0.368. The van der Waals surface area contributed by atoms with Crippen LogP contribution in [0.1, 0.15) is 12.8 Å². The van der Waals surface area contributed by atoms with Gasteiger partial charge in [0.2, 0.25) is 0 Å². The number of carboxylic acids is 1. The molecule has 1 N–H and O–H groups in total. The minimum absolute atomic E-state index is 0. The number of carbonyl (C=O) groups is 1. The minimum Gasteiger partial charge on any atom is -0.481 e. The number of hydrogen-bond donors (Lipinski definition) is 1. The third-order valence-corrected chi connectivity index (χ3v) is 0.739. The molecule has 0 aliphatic heterocycles. The van der Waals surface area contributed by atoms with Crippen molar-refractivity contribution in [1.82, 2.24) is 0 Å². The number of carboxylic acid groups (broad SMARTS) is 1. The maximum absolute atomic E-state index is 9.82. The zero-order valence-electron chi connectivity index (χ0n) is 5.59. The van der Waals surface area contributed by atoms with Crippen LogP contribution in [0, 0.1) is 0 Å². The molecule has 0 aromatic rings. The van der Waals surface area contributed by atoms with E-state index in [2.05, 4.69) is 4.74 Å². The van der Waals surface area contributed by atoms with Gasteiger partial charge < -0.3 is 9.84 Å². The molecule has 9 heavy (non-hydrogen) atoms. The first-order valence-electron chi connectivity index (χ1n) is 2.48. The van der Waals surface area contributed by atoms with Gasteiger partial charge >= 0.3 is 5.97 Å². The van der Waals surface area contributed by atoms with E-state index >= 15 is 0 Å². The van der Waals surface area contributed by atoms with E-state index in [0.29, 0.717) is 13.0 Å². The van der Waals surface area contributed by atoms with Crippen molar-refractivity contribution in [1.29, 1.82) is 0 Å². The molecule has 3 nitrogen and oxygen atoms in total. The summed E-state index contributed by atoms with van der Waals surface area (Å²) < 4.78 is 4.63. The first kappa shape index (κ1) is 12.1. The van der Waals surface area contributed by atoms with Gasteiger partial charge in [-0.15, -0.1) is 0 Å². The molecular formula is C5H10HgO3. The Balaban J connectivity index is 0. The smallest absolute Gasteiger partial charge is 0.303 e. The summed E-state index contributed by atoms with van der Waals surface area (Å²) in [5.41, 5.74) is 0. The van der Waals surface area contributed by atoms with Crippen LogP contribution in [-0.4, -0.2) is 24.8 Å². The van der Waals surface area contributed by atoms with Crippen LogP contribution >= 0.6 is 0 Å². The van der Waals surface area contributed by atoms with Crippen molar-refractivity contribution in [2.45, 2.75) is 12.8 Å². The molecule has 0 rings (SSSR count). The maximum atomic E-state index is 9.82. The van der Waals surface area contributed by atoms with Crippen LogP contribution in [0.25, 0.3) is 0 Å². The van der Waals surface area contributed by atoms with Gasteiger partial charge in [0.05, 0.1) is 0 Å². The van der Waals surface area contributed by atoms with Gasteiger partial charge in [0.15, 0.2) is 0 Å². The van der Waals surface area contributed by atoms with Crippen molar-refractivity contribution in [3.05, 3.63) is 0 Å². The van der Waals surface area contributed by atoms with E-state index in [0.717, 1.165) is 0 Å². The standard InChI is InChI=1S/C5H10O3.Hg/c1-8-4-2-3-5(6)7;/h2-4H2,1H3,(H,6,7);. The van der Waals surface area contributed by atoms with Crippen molar-refractivity contribution < 1.29 is 42.3 Å². The van der Waals surface area contributed by atoms with E-state index in [4.69, 9.17) is 5.11 Å². The molecule has 0 fully saturated rings. The molecule has 0 unspecified atom stereocenters. The molecule has 0 saturated carbocycles. The van der Waals surface area contributed by atoms with Crippen molar-refractivity contribution in [2.24, 2.45) is 0 Å². The van der Waals surface area contributed by atoms with Crippen LogP contribution in [0.3, 0.4) is 0 Å². The quantitative estimate of drug-likeness (QED) is 0.606. The third-order valence-electron chi connectivity index (χ3n) is 0.739. The molecule has 0 aliphatic rings. The van der Waals surface area contributed by atoms with Crippen LogP contribution in [0.2, 0.25) is 0 Å². The Bertz CT molecular complexity index is 74.6. The van der Waals surface area contributed by atoms with Gasteiger partial charge in [0.1, 0.15) is 0 Å². The summed E-state index contributed by atoms with van der Waals surface area (Å²) >= 11 is 0. The Morgan fingerprint density at radius 2 is 2.22 bits per heavy atom. The molecule has 0 bridgehead atoms. The van der Waals surface area contributed by atoms with E-state index < -0.39 is 5.97 Å². The number of ether oxygens (including phenoxy) is 1. The Hall–Kier alpha value is 0.365. The van der Waals surface area contributed by atoms with Gasteiger partial charge in [0, 0.05) is 47.8 Å². The largest absolute Gasteiger partial charge is 0.481 e. The van der Waals surface area contributed by atoms with Crippen molar-refractivity contribution in [3.8, 4) is 0 Å². The normalized spacial score (nSPS) is 8.11. The van der Waals surface area contributed by atoms with E-state index in [1.54, 1.807) is 7.11 Å². The molecule has 0 amide bonds. The molecule has 0 spiro atoms. The molecule has 0 aromatic carbocycles. The number of methoxy groups -OCH3 is 1. The average molecular weight is 319 g/mol. The van der Waals surface area contributed by atoms with Crippen LogP contribution in [0.4, 0.5) is 0 Å². The van der Waals surface area contributed by atoms with Gasteiger partial charge in [-0.1, -0.05) is 0 Å². The molecule has 50 valence electrons. The van der Waals surface area contributed by atoms with Crippen molar-refractivity contribution >= 4 is 5.97 Å². The summed E-state index contributed by atoms with van der Waals surface area (Å²) in [4.78, 5) is 9.82. The topological polar surface area (TPSA) is 46.5 Å². The second kappa shape index (κ2) is 8.37. The summed E-state index contributed by atoms with van der Waals surface area (Å²) in [5, 5.41) is 8.08. The predicted octanol–water partition coefficient (Wildman–Crippen LogP) is 0.495. The fraction of sp³-hybridized carbons (Fsp3) is 0.800. The minimum atomic E-state index is -0.762. The average Bonchev–Trinajstić information content (AvgIpc) is 1.66. The van der Waals surface area contributed by atoms with Crippen molar-refractivity contribution in [3.63, 3.8) is 0 Å². The van der Waals surface area contributed by atoms with Crippen LogP contribution < -0.4 is 0 Å². The van der Waals surface area contributed by atoms with E-state index in [-0.39, 0.29) is 34.1 Å². The Labute approximate surface area is 74.9 Å². The number of rotatable bonds is 4. The van der Waals surface area contributed by atoms with Crippen LogP contribution in [0.5, 0.6) is 0 Å². The molecule has 0 aromatic heterocycles. The first-order chi connectivity index (χ1) is 3.77. The zero-order chi connectivity index (χ0) is 6.41. The summed E-state index contributed by atoms with van der Waals surface area (Å²) in [6.45, 7) is 0.534. The van der Waals surface area contributed by atoms with Crippen molar-refractivity contribution in [2.75, 3.05) is 13.7 Å². The fourth-order valence-corrected chi connectivity index (χ4v) is 0.368. The third kappa shape index (κ3) is 11.8. The molecule has 0 radical (unpaired) electrons. The predicted molar refractivity (Wildman–Crippen MR) is 28.7 cm³/mol. The van der Waals surface area contributed by atoms with Gasteiger partial charge in [-0.3, -0.25) is 4.79 Å². The number of aliphatic carboxylic acids is 1. The van der Waals surface area contributed by atoms with Gasteiger partial charge in [0.25, 0.3) is 0 Å². The Kier molecular flexibility index (Phi) is 11.2. The van der Waals surface area contributed by atoms with Crippen LogP contribution in [-0.2, 0) is 37.2 Å². The van der Waals surface area contributed by atoms with Gasteiger partial charge in [-0.05, 0) is 6.42 Å². The second-order valence-electron chi connectivity index (χ2n) is 1.49. The van der Waals surface area contributed by atoms with E-state index in [1.807, 2.05) is 0 Å². The first-order valence-corrected chi connectivity index (χ1v) is 2.48. The van der Waals surface area contributed by atoms with E-state index in [1.165, 1.54) is 0 Å². The summed E-state index contributed by atoms with van der Waals surface area (Å²) in [7, 11) is 1.56. The van der Waals surface area contributed by atoms with Gasteiger partial charge in [-0.25, -0.2) is 0 Å². The Morgan fingerprint density at radius 3 is 2.56 bits per heavy atom. The van der Waals surface area contributed by atoms with E-state index in [9.17, 15) is 4.79 Å². The Morgan fingerprint density at radius 1 is 1.67 bits per heavy atom.